The molecule has 0 amide bonds. The molecule has 2 rings (SSSR count). The zero-order valence-electron chi connectivity index (χ0n) is 11.4. The molecule has 0 fully saturated rings. The van der Waals surface area contributed by atoms with Crippen LogP contribution in [0.1, 0.15) is 41.2 Å². The minimum Gasteiger partial charge on any atom is -0.387 e. The van der Waals surface area contributed by atoms with Gasteiger partial charge in [-0.2, -0.15) is 5.10 Å². The Morgan fingerprint density at radius 3 is 2.74 bits per heavy atom. The maximum absolute atomic E-state index is 10.3. The molecule has 2 aromatic rings. The van der Waals surface area contributed by atoms with E-state index in [9.17, 15) is 5.11 Å². The predicted octanol–water partition coefficient (Wildman–Crippen LogP) is 3.27. The average Bonchev–Trinajstić information content (AvgIpc) is 2.95. The van der Waals surface area contributed by atoms with Crippen LogP contribution in [0.15, 0.2) is 10.7 Å². The number of aryl methyl sites for hydroxylation is 3. The summed E-state index contributed by atoms with van der Waals surface area (Å²) >= 11 is 5.14. The number of rotatable bonds is 5. The smallest absolute Gasteiger partial charge is 0.0953 e. The lowest BCUT2D eigenvalue weighted by Crippen LogP contribution is -2.08. The van der Waals surface area contributed by atoms with Gasteiger partial charge in [-0.25, -0.2) is 4.98 Å². The van der Waals surface area contributed by atoms with Crippen molar-refractivity contribution in [1.82, 2.24) is 14.8 Å². The van der Waals surface area contributed by atoms with E-state index in [0.29, 0.717) is 6.42 Å². The highest BCUT2D eigenvalue weighted by Gasteiger charge is 2.19. The fourth-order valence-corrected chi connectivity index (χ4v) is 3.53. The van der Waals surface area contributed by atoms with Crippen molar-refractivity contribution in [1.29, 1.82) is 0 Å². The van der Waals surface area contributed by atoms with Crippen LogP contribution in [0.5, 0.6) is 0 Å². The third-order valence-electron chi connectivity index (χ3n) is 3.05. The lowest BCUT2D eigenvalue weighted by molar-refractivity contribution is 0.179. The maximum Gasteiger partial charge on any atom is 0.0953 e. The molecule has 19 heavy (non-hydrogen) atoms. The van der Waals surface area contributed by atoms with Crippen molar-refractivity contribution in [2.75, 3.05) is 0 Å². The lowest BCUT2D eigenvalue weighted by Gasteiger charge is -2.10. The Kier molecular flexibility index (Phi) is 4.76. The molecule has 1 atom stereocenters. The van der Waals surface area contributed by atoms with Gasteiger partial charge in [-0.3, -0.25) is 4.68 Å². The number of nitrogens with zero attached hydrogens (tertiary/aromatic N) is 3. The predicted molar refractivity (Wildman–Crippen MR) is 80.5 cm³/mol. The first kappa shape index (κ1) is 14.7. The Labute approximate surface area is 125 Å². The second-order valence-electron chi connectivity index (χ2n) is 4.38. The van der Waals surface area contributed by atoms with E-state index in [1.54, 1.807) is 17.5 Å². The van der Waals surface area contributed by atoms with E-state index in [0.717, 1.165) is 38.7 Å². The zero-order valence-corrected chi connectivity index (χ0v) is 13.8. The second kappa shape index (κ2) is 6.15. The molecular formula is C13H18BrN3OS. The molecule has 0 aliphatic carbocycles. The number of hydrogen-bond donors (Lipinski definition) is 1. The van der Waals surface area contributed by atoms with Crippen LogP contribution in [0, 0.1) is 6.92 Å². The Hall–Kier alpha value is -0.720. The second-order valence-corrected chi connectivity index (χ2v) is 6.44. The number of aromatic nitrogens is 3. The van der Waals surface area contributed by atoms with Crippen LogP contribution in [0.3, 0.4) is 0 Å². The van der Waals surface area contributed by atoms with E-state index in [1.165, 1.54) is 0 Å². The molecule has 2 aromatic heterocycles. The molecular weight excluding hydrogens is 326 g/mol. The van der Waals surface area contributed by atoms with Gasteiger partial charge >= 0.3 is 0 Å². The monoisotopic (exact) mass is 343 g/mol. The van der Waals surface area contributed by atoms with E-state index in [1.807, 2.05) is 11.6 Å². The Bertz CT molecular complexity index is 564. The minimum atomic E-state index is -0.519. The summed E-state index contributed by atoms with van der Waals surface area (Å²) < 4.78 is 2.98. The molecule has 0 aliphatic rings. The van der Waals surface area contributed by atoms with Gasteiger partial charge in [0.2, 0.25) is 0 Å². The molecule has 4 nitrogen and oxygen atoms in total. The molecule has 1 unspecified atom stereocenters. The van der Waals surface area contributed by atoms with Crippen molar-refractivity contribution in [3.63, 3.8) is 0 Å². The van der Waals surface area contributed by atoms with E-state index in [-0.39, 0.29) is 0 Å². The average molecular weight is 344 g/mol. The SMILES string of the molecule is CCc1nn(CC)c(CC(O)c2cnc(C)s2)c1Br. The zero-order chi connectivity index (χ0) is 14.0. The molecule has 104 valence electrons. The number of hydrogen-bond acceptors (Lipinski definition) is 4. The van der Waals surface area contributed by atoms with Crippen molar-refractivity contribution in [3.8, 4) is 0 Å². The summed E-state index contributed by atoms with van der Waals surface area (Å²) in [7, 11) is 0. The number of halogens is 1. The minimum absolute atomic E-state index is 0.519. The third-order valence-corrected chi connectivity index (χ3v) is 4.98. The first-order valence-corrected chi connectivity index (χ1v) is 8.02. The topological polar surface area (TPSA) is 50.9 Å². The summed E-state index contributed by atoms with van der Waals surface area (Å²) in [5.74, 6) is 0. The van der Waals surface area contributed by atoms with Crippen molar-refractivity contribution >= 4 is 27.3 Å². The summed E-state index contributed by atoms with van der Waals surface area (Å²) in [5, 5.41) is 15.8. The molecule has 0 radical (unpaired) electrons. The van der Waals surface area contributed by atoms with Gasteiger partial charge in [0.1, 0.15) is 0 Å². The molecule has 6 heteroatoms. The van der Waals surface area contributed by atoms with Crippen LogP contribution in [0.4, 0.5) is 0 Å². The molecule has 0 saturated carbocycles. The van der Waals surface area contributed by atoms with Crippen molar-refractivity contribution in [3.05, 3.63) is 31.9 Å². The van der Waals surface area contributed by atoms with Gasteiger partial charge in [-0.05, 0) is 36.2 Å². The van der Waals surface area contributed by atoms with Gasteiger partial charge in [0.05, 0.1) is 31.8 Å². The first-order valence-electron chi connectivity index (χ1n) is 6.41. The third kappa shape index (κ3) is 3.07. The molecule has 0 bridgehead atoms. The van der Waals surface area contributed by atoms with Gasteiger partial charge in [0.15, 0.2) is 0 Å². The molecule has 1 N–H and O–H groups in total. The molecule has 0 aromatic carbocycles. The Morgan fingerprint density at radius 1 is 1.47 bits per heavy atom. The largest absolute Gasteiger partial charge is 0.387 e. The van der Waals surface area contributed by atoms with Crippen LogP contribution < -0.4 is 0 Å². The first-order chi connectivity index (χ1) is 9.06. The fourth-order valence-electron chi connectivity index (χ4n) is 2.03. The maximum atomic E-state index is 10.3. The van der Waals surface area contributed by atoms with Crippen LogP contribution in [0.25, 0.3) is 0 Å². The highest BCUT2D eigenvalue weighted by Crippen LogP contribution is 2.29. The van der Waals surface area contributed by atoms with Crippen LogP contribution in [0.2, 0.25) is 0 Å². The number of aliphatic hydroxyl groups excluding tert-OH is 1. The van der Waals surface area contributed by atoms with E-state index in [4.69, 9.17) is 0 Å². The van der Waals surface area contributed by atoms with Gasteiger partial charge in [-0.1, -0.05) is 6.92 Å². The van der Waals surface area contributed by atoms with Gasteiger partial charge in [0, 0.05) is 19.2 Å². The Balaban J connectivity index is 2.25. The van der Waals surface area contributed by atoms with Gasteiger partial charge in [0.25, 0.3) is 0 Å². The quantitative estimate of drug-likeness (QED) is 0.906. The highest BCUT2D eigenvalue weighted by atomic mass is 79.9. The molecule has 0 saturated heterocycles. The summed E-state index contributed by atoms with van der Waals surface area (Å²) in [6, 6.07) is 0. The van der Waals surface area contributed by atoms with Crippen molar-refractivity contribution in [2.24, 2.45) is 0 Å². The summed E-state index contributed by atoms with van der Waals surface area (Å²) in [6.45, 7) is 6.90. The van der Waals surface area contributed by atoms with Crippen LogP contribution in [-0.4, -0.2) is 19.9 Å². The van der Waals surface area contributed by atoms with Crippen molar-refractivity contribution in [2.45, 2.75) is 46.3 Å². The van der Waals surface area contributed by atoms with E-state index < -0.39 is 6.10 Å². The van der Waals surface area contributed by atoms with Gasteiger partial charge in [-0.15, -0.1) is 11.3 Å². The summed E-state index contributed by atoms with van der Waals surface area (Å²) in [4.78, 5) is 5.10. The van der Waals surface area contributed by atoms with Crippen molar-refractivity contribution < 1.29 is 5.11 Å². The fraction of sp³-hybridized carbons (Fsp3) is 0.538. The lowest BCUT2D eigenvalue weighted by atomic mass is 10.1. The van der Waals surface area contributed by atoms with E-state index >= 15 is 0 Å². The van der Waals surface area contributed by atoms with Crippen LogP contribution in [-0.2, 0) is 19.4 Å². The number of thiazole rings is 1. The van der Waals surface area contributed by atoms with E-state index in [2.05, 4.69) is 39.9 Å². The summed E-state index contributed by atoms with van der Waals surface area (Å²) in [6.07, 6.45) is 2.68. The molecule has 0 aliphatic heterocycles. The van der Waals surface area contributed by atoms with Crippen LogP contribution >= 0.6 is 27.3 Å². The standard InChI is InChI=1S/C13H18BrN3OS/c1-4-9-13(14)10(17(5-2)16-9)6-11(18)12-7-15-8(3)19-12/h7,11,18H,4-6H2,1-3H3. The number of aliphatic hydroxyl groups is 1. The Morgan fingerprint density at radius 2 is 2.21 bits per heavy atom. The highest BCUT2D eigenvalue weighted by molar-refractivity contribution is 9.10. The normalized spacial score (nSPS) is 12.9. The van der Waals surface area contributed by atoms with Gasteiger partial charge < -0.3 is 5.11 Å². The molecule has 0 spiro atoms. The summed E-state index contributed by atoms with van der Waals surface area (Å²) in [5.41, 5.74) is 2.10. The molecule has 2 heterocycles.